The molecule has 0 saturated carbocycles. The van der Waals surface area contributed by atoms with Crippen LogP contribution in [0.1, 0.15) is 6.92 Å². The van der Waals surface area contributed by atoms with E-state index in [1.807, 2.05) is 0 Å². The first-order chi connectivity index (χ1) is 6.06. The minimum absolute atomic E-state index is 0.503. The van der Waals surface area contributed by atoms with Crippen molar-refractivity contribution in [2.24, 2.45) is 5.92 Å². The van der Waals surface area contributed by atoms with Crippen LogP contribution in [0.5, 0.6) is 0 Å². The smallest absolute Gasteiger partial charge is 0.304 e. The summed E-state index contributed by atoms with van der Waals surface area (Å²) in [5, 5.41) is 11.2. The van der Waals surface area contributed by atoms with Gasteiger partial charge in [0.15, 0.2) is 6.23 Å². The second kappa shape index (κ2) is 3.69. The molecular weight excluding hydrogens is 181 g/mol. The molecule has 1 amide bonds. The normalized spacial score (nSPS) is 28.7. The van der Waals surface area contributed by atoms with E-state index in [-0.39, 0.29) is 0 Å². The summed E-state index contributed by atoms with van der Waals surface area (Å²) >= 11 is 0. The van der Waals surface area contributed by atoms with Crippen molar-refractivity contribution in [2.45, 2.75) is 19.3 Å². The Bertz CT molecular complexity index is 233. The lowest BCUT2D eigenvalue weighted by atomic mass is 9.93. The number of ether oxygens (including phenoxy) is 1. The maximum absolute atomic E-state index is 12.0. The zero-order valence-electron chi connectivity index (χ0n) is 6.99. The Labute approximate surface area is 73.9 Å². The molecule has 6 heteroatoms. The minimum atomic E-state index is -1.40. The van der Waals surface area contributed by atoms with Gasteiger partial charge >= 0.3 is 5.97 Å². The summed E-state index contributed by atoms with van der Waals surface area (Å²) < 4.78 is 16.6. The van der Waals surface area contributed by atoms with Crippen LogP contribution in [0.15, 0.2) is 0 Å². The molecule has 0 bridgehead atoms. The van der Waals surface area contributed by atoms with E-state index in [0.717, 1.165) is 0 Å². The number of esters is 1. The number of carbonyl (C=O) groups excluding carboxylic acids is 2. The van der Waals surface area contributed by atoms with E-state index in [1.54, 1.807) is 0 Å². The molecule has 1 aliphatic heterocycles. The van der Waals surface area contributed by atoms with E-state index in [1.165, 1.54) is 6.92 Å². The van der Waals surface area contributed by atoms with Gasteiger partial charge in [0.2, 0.25) is 5.91 Å². The quantitative estimate of drug-likeness (QED) is 0.441. The van der Waals surface area contributed by atoms with Crippen LogP contribution >= 0.6 is 0 Å². The molecule has 0 aliphatic carbocycles. The summed E-state index contributed by atoms with van der Waals surface area (Å²) in [7, 11) is 0. The van der Waals surface area contributed by atoms with Gasteiger partial charge in [-0.3, -0.25) is 9.59 Å². The van der Waals surface area contributed by atoms with Gasteiger partial charge in [0.25, 0.3) is 0 Å². The number of alkyl halides is 1. The highest BCUT2D eigenvalue weighted by Gasteiger charge is 2.46. The molecule has 0 radical (unpaired) electrons. The Balaban J connectivity index is 2.50. The number of rotatable bonds is 3. The fraction of sp³-hybridized carbons (Fsp3) is 0.714. The molecule has 5 nitrogen and oxygen atoms in total. The number of nitrogens with one attached hydrogen (secondary N) is 1. The zero-order valence-corrected chi connectivity index (χ0v) is 6.99. The fourth-order valence-corrected chi connectivity index (χ4v) is 1.12. The molecule has 3 atom stereocenters. The van der Waals surface area contributed by atoms with Crippen LogP contribution in [-0.4, -0.2) is 36.0 Å². The first-order valence-electron chi connectivity index (χ1n) is 3.78. The summed E-state index contributed by atoms with van der Waals surface area (Å²) in [5.74, 6) is -2.06. The molecule has 1 fully saturated rings. The highest BCUT2D eigenvalue weighted by molar-refractivity contribution is 5.86. The molecule has 1 saturated heterocycles. The molecule has 0 aromatic rings. The third-order valence-electron chi connectivity index (χ3n) is 1.78. The Morgan fingerprint density at radius 1 is 1.85 bits per heavy atom. The largest absolute Gasteiger partial charge is 0.441 e. The predicted octanol–water partition coefficient (Wildman–Crippen LogP) is -1.05. The molecule has 1 unspecified atom stereocenters. The Morgan fingerprint density at radius 2 is 2.46 bits per heavy atom. The van der Waals surface area contributed by atoms with Crippen LogP contribution in [0.25, 0.3) is 0 Å². The maximum atomic E-state index is 12.0. The molecule has 74 valence electrons. The van der Waals surface area contributed by atoms with Gasteiger partial charge in [-0.1, -0.05) is 0 Å². The van der Waals surface area contributed by atoms with E-state index in [0.29, 0.717) is 0 Å². The first-order valence-corrected chi connectivity index (χ1v) is 3.78. The lowest BCUT2D eigenvalue weighted by Gasteiger charge is -2.37. The van der Waals surface area contributed by atoms with Crippen LogP contribution in [0, 0.1) is 5.92 Å². The third kappa shape index (κ3) is 1.95. The number of hydrogen-bond donors (Lipinski definition) is 2. The molecule has 0 aromatic carbocycles. The molecule has 0 spiro atoms. The first kappa shape index (κ1) is 9.91. The van der Waals surface area contributed by atoms with Crippen molar-refractivity contribution < 1.29 is 23.8 Å². The molecule has 0 aromatic heterocycles. The Kier molecular flexibility index (Phi) is 2.82. The van der Waals surface area contributed by atoms with Crippen LogP contribution in [0.2, 0.25) is 0 Å². The van der Waals surface area contributed by atoms with E-state index < -0.39 is 36.8 Å². The Hall–Kier alpha value is -1.17. The number of amides is 1. The topological polar surface area (TPSA) is 75.6 Å². The van der Waals surface area contributed by atoms with Gasteiger partial charge < -0.3 is 15.2 Å². The standard InChI is InChI=1S/C7H10FNO4/c1-3(10)13-7-5(4(11)2-8)6(12)9-7/h4-5,7,11H,2H2,1H3,(H,9,12)/t4?,5-,7+/m1/s1. The van der Waals surface area contributed by atoms with Crippen molar-refractivity contribution >= 4 is 11.9 Å². The molecule has 1 rings (SSSR count). The number of aliphatic hydroxyl groups excluding tert-OH is 1. The molecule has 1 heterocycles. The summed E-state index contributed by atoms with van der Waals surface area (Å²) in [4.78, 5) is 21.3. The van der Waals surface area contributed by atoms with E-state index >= 15 is 0 Å². The van der Waals surface area contributed by atoms with Crippen molar-refractivity contribution in [1.29, 1.82) is 0 Å². The monoisotopic (exact) mass is 191 g/mol. The van der Waals surface area contributed by atoms with Crippen LogP contribution in [0.4, 0.5) is 4.39 Å². The maximum Gasteiger partial charge on any atom is 0.304 e. The van der Waals surface area contributed by atoms with Crippen molar-refractivity contribution in [3.63, 3.8) is 0 Å². The van der Waals surface area contributed by atoms with Crippen LogP contribution in [0.3, 0.4) is 0 Å². The van der Waals surface area contributed by atoms with Gasteiger partial charge in [0.1, 0.15) is 12.6 Å². The number of carbonyl (C=O) groups is 2. The summed E-state index contributed by atoms with van der Waals surface area (Å²) in [5.41, 5.74) is 0. The van der Waals surface area contributed by atoms with Gasteiger partial charge in [0.05, 0.1) is 6.10 Å². The van der Waals surface area contributed by atoms with Crippen LogP contribution < -0.4 is 5.32 Å². The minimum Gasteiger partial charge on any atom is -0.441 e. The second-order valence-corrected chi connectivity index (χ2v) is 2.79. The highest BCUT2D eigenvalue weighted by Crippen LogP contribution is 2.20. The fourth-order valence-electron chi connectivity index (χ4n) is 1.12. The highest BCUT2D eigenvalue weighted by atomic mass is 19.1. The number of β-lactam (4-membered cyclic amide) rings is 1. The summed E-state index contributed by atoms with van der Waals surface area (Å²) in [6.07, 6.45) is -2.30. The predicted molar refractivity (Wildman–Crippen MR) is 39.2 cm³/mol. The van der Waals surface area contributed by atoms with Gasteiger partial charge in [-0.2, -0.15) is 0 Å². The Morgan fingerprint density at radius 3 is 2.85 bits per heavy atom. The number of halogens is 1. The average molecular weight is 191 g/mol. The van der Waals surface area contributed by atoms with Gasteiger partial charge in [-0.15, -0.1) is 0 Å². The molecule has 2 N–H and O–H groups in total. The van der Waals surface area contributed by atoms with Crippen molar-refractivity contribution in [1.82, 2.24) is 5.32 Å². The summed E-state index contributed by atoms with van der Waals surface area (Å²) in [6, 6.07) is 0. The lowest BCUT2D eigenvalue weighted by molar-refractivity contribution is -0.175. The molecular formula is C7H10FNO4. The number of aliphatic hydroxyl groups is 1. The SMILES string of the molecule is CC(=O)O[C@@H]1NC(=O)[C@H]1C(O)CF. The van der Waals surface area contributed by atoms with Crippen molar-refractivity contribution in [3.05, 3.63) is 0 Å². The molecule has 1 aliphatic rings. The zero-order chi connectivity index (χ0) is 10.0. The average Bonchev–Trinajstić information content (AvgIpc) is 2.02. The van der Waals surface area contributed by atoms with Crippen molar-refractivity contribution in [2.75, 3.05) is 6.67 Å². The summed E-state index contributed by atoms with van der Waals surface area (Å²) in [6.45, 7) is 0.138. The number of hydrogen-bond acceptors (Lipinski definition) is 4. The van der Waals surface area contributed by atoms with Gasteiger partial charge in [-0.25, -0.2) is 4.39 Å². The third-order valence-corrected chi connectivity index (χ3v) is 1.78. The van der Waals surface area contributed by atoms with Crippen molar-refractivity contribution in [3.8, 4) is 0 Å². The van der Waals surface area contributed by atoms with Gasteiger partial charge in [0, 0.05) is 6.92 Å². The van der Waals surface area contributed by atoms with Gasteiger partial charge in [-0.05, 0) is 0 Å². The van der Waals surface area contributed by atoms with E-state index in [9.17, 15) is 14.0 Å². The second-order valence-electron chi connectivity index (χ2n) is 2.79. The van der Waals surface area contributed by atoms with E-state index in [4.69, 9.17) is 5.11 Å². The lowest BCUT2D eigenvalue weighted by Crippen LogP contribution is -2.64. The molecule has 13 heavy (non-hydrogen) atoms. The van der Waals surface area contributed by atoms with E-state index in [2.05, 4.69) is 10.1 Å². The van der Waals surface area contributed by atoms with Crippen LogP contribution in [-0.2, 0) is 14.3 Å².